The van der Waals surface area contributed by atoms with Crippen molar-refractivity contribution >= 4 is 10.0 Å². The topological polar surface area (TPSA) is 59.1 Å². The molecule has 24 heavy (non-hydrogen) atoms. The zero-order valence-electron chi connectivity index (χ0n) is 14.4. The maximum Gasteiger partial charge on any atom is 0.211 e. The number of nitrogens with zero attached hydrogens (tertiary/aromatic N) is 1. The zero-order chi connectivity index (χ0) is 17.4. The van der Waals surface area contributed by atoms with E-state index in [1.54, 1.807) is 6.20 Å². The van der Waals surface area contributed by atoms with Gasteiger partial charge in [0.2, 0.25) is 10.0 Å². The van der Waals surface area contributed by atoms with Gasteiger partial charge in [-0.3, -0.25) is 4.98 Å². The number of unbranched alkanes of at least 4 members (excludes halogenated alkanes) is 1. The van der Waals surface area contributed by atoms with Crippen LogP contribution in [0.2, 0.25) is 0 Å². The maximum atomic E-state index is 12.1. The third-order valence-corrected chi connectivity index (χ3v) is 5.50. The SMILES string of the molecule is CCCCS(=O)(=O)NCC(Cc1cccnc1)c1ccc(C)cc1. The van der Waals surface area contributed by atoms with Gasteiger partial charge < -0.3 is 0 Å². The van der Waals surface area contributed by atoms with E-state index in [9.17, 15) is 8.42 Å². The highest BCUT2D eigenvalue weighted by Crippen LogP contribution is 2.21. The van der Waals surface area contributed by atoms with Crippen molar-refractivity contribution in [2.45, 2.75) is 39.0 Å². The summed E-state index contributed by atoms with van der Waals surface area (Å²) in [6.07, 6.45) is 5.91. The van der Waals surface area contributed by atoms with E-state index in [0.29, 0.717) is 13.0 Å². The van der Waals surface area contributed by atoms with Crippen LogP contribution in [0.25, 0.3) is 0 Å². The number of aryl methyl sites for hydroxylation is 1. The minimum absolute atomic E-state index is 0.0891. The van der Waals surface area contributed by atoms with E-state index >= 15 is 0 Å². The van der Waals surface area contributed by atoms with Crippen molar-refractivity contribution in [3.05, 3.63) is 65.5 Å². The summed E-state index contributed by atoms with van der Waals surface area (Å²) in [6.45, 7) is 4.45. The van der Waals surface area contributed by atoms with Gasteiger partial charge in [0.05, 0.1) is 5.75 Å². The molecule has 2 rings (SSSR count). The van der Waals surface area contributed by atoms with E-state index in [1.807, 2.05) is 32.2 Å². The first kappa shape index (κ1) is 18.6. The summed E-state index contributed by atoms with van der Waals surface area (Å²) in [5.74, 6) is 0.281. The summed E-state index contributed by atoms with van der Waals surface area (Å²) >= 11 is 0. The highest BCUT2D eigenvalue weighted by Gasteiger charge is 2.17. The second kappa shape index (κ2) is 8.94. The van der Waals surface area contributed by atoms with Gasteiger partial charge in [-0.1, -0.05) is 49.2 Å². The Morgan fingerprint density at radius 3 is 2.54 bits per heavy atom. The Morgan fingerprint density at radius 1 is 1.17 bits per heavy atom. The van der Waals surface area contributed by atoms with Gasteiger partial charge in [0.25, 0.3) is 0 Å². The zero-order valence-corrected chi connectivity index (χ0v) is 15.2. The lowest BCUT2D eigenvalue weighted by atomic mass is 9.92. The van der Waals surface area contributed by atoms with Crippen molar-refractivity contribution in [3.8, 4) is 0 Å². The summed E-state index contributed by atoms with van der Waals surface area (Å²) in [5.41, 5.74) is 3.45. The van der Waals surface area contributed by atoms with Gasteiger partial charge in [-0.05, 0) is 37.0 Å². The number of sulfonamides is 1. The first-order valence-corrected chi connectivity index (χ1v) is 10.1. The van der Waals surface area contributed by atoms with Gasteiger partial charge in [0.1, 0.15) is 0 Å². The number of benzene rings is 1. The molecule has 2 aromatic rings. The molecule has 1 heterocycles. The second-order valence-corrected chi connectivity index (χ2v) is 8.12. The fourth-order valence-electron chi connectivity index (χ4n) is 2.58. The largest absolute Gasteiger partial charge is 0.264 e. The first-order chi connectivity index (χ1) is 11.5. The normalized spacial score (nSPS) is 12.9. The van der Waals surface area contributed by atoms with Crippen LogP contribution in [-0.2, 0) is 16.4 Å². The average Bonchev–Trinajstić information content (AvgIpc) is 2.59. The van der Waals surface area contributed by atoms with Crippen LogP contribution in [0, 0.1) is 6.92 Å². The molecule has 1 atom stereocenters. The molecule has 0 aliphatic carbocycles. The highest BCUT2D eigenvalue weighted by molar-refractivity contribution is 7.89. The number of hydrogen-bond donors (Lipinski definition) is 1. The van der Waals surface area contributed by atoms with Crippen LogP contribution in [-0.4, -0.2) is 25.7 Å². The van der Waals surface area contributed by atoms with Crippen LogP contribution in [0.3, 0.4) is 0 Å². The number of rotatable bonds is 9. The first-order valence-electron chi connectivity index (χ1n) is 8.43. The predicted molar refractivity (Wildman–Crippen MR) is 98.6 cm³/mol. The summed E-state index contributed by atoms with van der Waals surface area (Å²) in [4.78, 5) is 4.16. The van der Waals surface area contributed by atoms with Gasteiger partial charge in [0, 0.05) is 24.9 Å². The van der Waals surface area contributed by atoms with Gasteiger partial charge >= 0.3 is 0 Å². The molecule has 1 unspecified atom stereocenters. The lowest BCUT2D eigenvalue weighted by Gasteiger charge is -2.18. The van der Waals surface area contributed by atoms with E-state index in [-0.39, 0.29) is 11.7 Å². The van der Waals surface area contributed by atoms with Gasteiger partial charge in [-0.25, -0.2) is 13.1 Å². The Hall–Kier alpha value is -1.72. The van der Waals surface area contributed by atoms with Crippen LogP contribution >= 0.6 is 0 Å². The fourth-order valence-corrected chi connectivity index (χ4v) is 3.85. The summed E-state index contributed by atoms with van der Waals surface area (Å²) in [6, 6.07) is 12.2. The molecule has 0 bridgehead atoms. The molecule has 1 N–H and O–H groups in total. The minimum atomic E-state index is -3.21. The standard InChI is InChI=1S/C19H26N2O2S/c1-3-4-12-24(22,23)21-15-19(13-17-6-5-11-20-14-17)18-9-7-16(2)8-10-18/h5-11,14,19,21H,3-4,12-13,15H2,1-2H3. The quantitative estimate of drug-likeness (QED) is 0.757. The molecule has 4 nitrogen and oxygen atoms in total. The molecule has 0 amide bonds. The molecule has 0 radical (unpaired) electrons. The van der Waals surface area contributed by atoms with Gasteiger partial charge in [0.15, 0.2) is 0 Å². The number of hydrogen-bond acceptors (Lipinski definition) is 3. The van der Waals surface area contributed by atoms with Crippen molar-refractivity contribution in [1.29, 1.82) is 0 Å². The van der Waals surface area contributed by atoms with E-state index in [2.05, 4.69) is 34.0 Å². The van der Waals surface area contributed by atoms with Crippen molar-refractivity contribution in [3.63, 3.8) is 0 Å². The second-order valence-electron chi connectivity index (χ2n) is 6.19. The molecule has 0 aliphatic heterocycles. The molecule has 1 aromatic heterocycles. The highest BCUT2D eigenvalue weighted by atomic mass is 32.2. The monoisotopic (exact) mass is 346 g/mol. The average molecular weight is 346 g/mol. The molecule has 0 aliphatic rings. The summed E-state index contributed by atoms with van der Waals surface area (Å²) in [5, 5.41) is 0. The summed E-state index contributed by atoms with van der Waals surface area (Å²) in [7, 11) is -3.21. The van der Waals surface area contributed by atoms with Gasteiger partial charge in [-0.15, -0.1) is 0 Å². The van der Waals surface area contributed by atoms with Crippen LogP contribution < -0.4 is 4.72 Å². The molecule has 0 saturated carbocycles. The fraction of sp³-hybridized carbons (Fsp3) is 0.421. The molecular formula is C19H26N2O2S. The lowest BCUT2D eigenvalue weighted by Crippen LogP contribution is -2.31. The molecule has 0 saturated heterocycles. The molecule has 0 fully saturated rings. The van der Waals surface area contributed by atoms with Crippen LogP contribution in [0.4, 0.5) is 0 Å². The smallest absolute Gasteiger partial charge is 0.211 e. The lowest BCUT2D eigenvalue weighted by molar-refractivity contribution is 0.565. The third kappa shape index (κ3) is 6.06. The van der Waals surface area contributed by atoms with Crippen LogP contribution in [0.5, 0.6) is 0 Å². The van der Waals surface area contributed by atoms with E-state index in [1.165, 1.54) is 5.56 Å². The molecule has 1 aromatic carbocycles. The van der Waals surface area contributed by atoms with Crippen molar-refractivity contribution in [2.24, 2.45) is 0 Å². The number of pyridine rings is 1. The van der Waals surface area contributed by atoms with Crippen molar-refractivity contribution in [1.82, 2.24) is 9.71 Å². The Morgan fingerprint density at radius 2 is 1.92 bits per heavy atom. The maximum absolute atomic E-state index is 12.1. The molecule has 5 heteroatoms. The number of nitrogens with one attached hydrogen (secondary N) is 1. The molecular weight excluding hydrogens is 320 g/mol. The van der Waals surface area contributed by atoms with Crippen LogP contribution in [0.15, 0.2) is 48.8 Å². The Bertz CT molecular complexity index is 713. The van der Waals surface area contributed by atoms with E-state index in [0.717, 1.165) is 24.0 Å². The Kier molecular flexibility index (Phi) is 6.94. The minimum Gasteiger partial charge on any atom is -0.264 e. The van der Waals surface area contributed by atoms with Crippen LogP contribution in [0.1, 0.15) is 42.4 Å². The van der Waals surface area contributed by atoms with Gasteiger partial charge in [-0.2, -0.15) is 0 Å². The van der Waals surface area contributed by atoms with E-state index in [4.69, 9.17) is 0 Å². The molecule has 0 spiro atoms. The predicted octanol–water partition coefficient (Wildman–Crippen LogP) is 3.44. The van der Waals surface area contributed by atoms with Crippen molar-refractivity contribution < 1.29 is 8.42 Å². The third-order valence-electron chi connectivity index (χ3n) is 4.07. The summed E-state index contributed by atoms with van der Waals surface area (Å²) < 4.78 is 27.0. The Labute approximate surface area is 145 Å². The number of aromatic nitrogens is 1. The van der Waals surface area contributed by atoms with Crippen molar-refractivity contribution in [2.75, 3.05) is 12.3 Å². The molecule has 130 valence electrons. The Balaban J connectivity index is 2.12. The van der Waals surface area contributed by atoms with E-state index < -0.39 is 10.0 Å².